The molecule has 2 aromatic heterocycles. The zero-order valence-electron chi connectivity index (χ0n) is 14.2. The van der Waals surface area contributed by atoms with E-state index < -0.39 is 5.63 Å². The second-order valence-electron chi connectivity index (χ2n) is 6.01. The first-order valence-corrected chi connectivity index (χ1v) is 8.16. The molecule has 136 valence electrons. The van der Waals surface area contributed by atoms with Crippen LogP contribution >= 0.6 is 0 Å². The van der Waals surface area contributed by atoms with Gasteiger partial charge in [0, 0.05) is 37.6 Å². The number of phenolic OH excluding ortho intramolecular Hbond substituents is 2. The first-order chi connectivity index (χ1) is 12.5. The molecule has 26 heavy (non-hydrogen) atoms. The lowest BCUT2D eigenvalue weighted by Gasteiger charge is -2.10. The SMILES string of the molecule is Cc1c(CC(=O)NCCCn2ccnc2)c(=O)oc2cc(O)cc(O)c12. The van der Waals surface area contributed by atoms with Crippen LogP contribution in [0.3, 0.4) is 0 Å². The summed E-state index contributed by atoms with van der Waals surface area (Å²) in [6, 6.07) is 2.42. The van der Waals surface area contributed by atoms with Crippen LogP contribution < -0.4 is 10.9 Å². The lowest BCUT2D eigenvalue weighted by atomic mass is 10.0. The van der Waals surface area contributed by atoms with Gasteiger partial charge in [-0.15, -0.1) is 0 Å². The summed E-state index contributed by atoms with van der Waals surface area (Å²) in [4.78, 5) is 28.3. The Morgan fingerprint density at radius 3 is 2.88 bits per heavy atom. The highest BCUT2D eigenvalue weighted by Gasteiger charge is 2.17. The number of aromatic hydroxyl groups is 2. The molecular formula is C18H19N3O5. The molecule has 0 bridgehead atoms. The third kappa shape index (κ3) is 3.69. The highest BCUT2D eigenvalue weighted by molar-refractivity contribution is 5.89. The number of rotatable bonds is 6. The van der Waals surface area contributed by atoms with Crippen LogP contribution in [-0.4, -0.2) is 32.2 Å². The summed E-state index contributed by atoms with van der Waals surface area (Å²) in [5.74, 6) is -0.715. The van der Waals surface area contributed by atoms with Gasteiger partial charge in [0.05, 0.1) is 23.7 Å². The monoisotopic (exact) mass is 357 g/mol. The first-order valence-electron chi connectivity index (χ1n) is 8.16. The number of imidazole rings is 1. The Morgan fingerprint density at radius 1 is 1.35 bits per heavy atom. The van der Waals surface area contributed by atoms with Crippen molar-refractivity contribution in [1.82, 2.24) is 14.9 Å². The molecule has 1 aromatic carbocycles. The maximum Gasteiger partial charge on any atom is 0.340 e. The average molecular weight is 357 g/mol. The van der Waals surface area contributed by atoms with Crippen LogP contribution in [0, 0.1) is 6.92 Å². The van der Waals surface area contributed by atoms with E-state index in [0.29, 0.717) is 17.5 Å². The molecule has 0 aliphatic heterocycles. The van der Waals surface area contributed by atoms with E-state index in [0.717, 1.165) is 19.0 Å². The summed E-state index contributed by atoms with van der Waals surface area (Å²) in [6.45, 7) is 2.83. The van der Waals surface area contributed by atoms with Gasteiger partial charge in [-0.25, -0.2) is 9.78 Å². The van der Waals surface area contributed by atoms with E-state index in [1.165, 1.54) is 6.07 Å². The number of nitrogens with one attached hydrogen (secondary N) is 1. The number of phenols is 2. The number of fused-ring (bicyclic) bond motifs is 1. The third-order valence-corrected chi connectivity index (χ3v) is 4.15. The molecular weight excluding hydrogens is 338 g/mol. The number of aryl methyl sites for hydroxylation is 2. The molecule has 8 heteroatoms. The highest BCUT2D eigenvalue weighted by Crippen LogP contribution is 2.32. The van der Waals surface area contributed by atoms with Crippen molar-refractivity contribution in [3.8, 4) is 11.5 Å². The highest BCUT2D eigenvalue weighted by atomic mass is 16.4. The number of hydrogen-bond donors (Lipinski definition) is 3. The number of aromatic nitrogens is 2. The smallest absolute Gasteiger partial charge is 0.340 e. The summed E-state index contributed by atoms with van der Waals surface area (Å²) in [5.41, 5.74) is 0.0657. The van der Waals surface area contributed by atoms with Gasteiger partial charge in [0.15, 0.2) is 0 Å². The van der Waals surface area contributed by atoms with E-state index in [4.69, 9.17) is 4.42 Å². The fourth-order valence-corrected chi connectivity index (χ4v) is 2.85. The van der Waals surface area contributed by atoms with Gasteiger partial charge in [0.1, 0.15) is 17.1 Å². The van der Waals surface area contributed by atoms with Crippen LogP contribution in [0.2, 0.25) is 0 Å². The molecule has 0 spiro atoms. The number of hydrogen-bond acceptors (Lipinski definition) is 6. The quantitative estimate of drug-likeness (QED) is 0.454. The van der Waals surface area contributed by atoms with E-state index >= 15 is 0 Å². The van der Waals surface area contributed by atoms with E-state index in [9.17, 15) is 19.8 Å². The maximum atomic E-state index is 12.2. The Bertz CT molecular complexity index is 992. The lowest BCUT2D eigenvalue weighted by Crippen LogP contribution is -2.29. The number of carbonyl (C=O) groups is 1. The summed E-state index contributed by atoms with van der Waals surface area (Å²) in [5, 5.41) is 22.6. The molecule has 3 rings (SSSR count). The molecule has 0 atom stereocenters. The lowest BCUT2D eigenvalue weighted by molar-refractivity contribution is -0.120. The van der Waals surface area contributed by atoms with Gasteiger partial charge in [-0.05, 0) is 18.9 Å². The van der Waals surface area contributed by atoms with Crippen molar-refractivity contribution in [1.29, 1.82) is 0 Å². The minimum atomic E-state index is -0.659. The zero-order valence-corrected chi connectivity index (χ0v) is 14.2. The van der Waals surface area contributed by atoms with Gasteiger partial charge in [0.2, 0.25) is 5.91 Å². The van der Waals surface area contributed by atoms with Crippen LogP contribution in [0.15, 0.2) is 40.1 Å². The average Bonchev–Trinajstić information content (AvgIpc) is 3.08. The Kier molecular flexibility index (Phi) is 4.92. The molecule has 3 N–H and O–H groups in total. The van der Waals surface area contributed by atoms with Crippen LogP contribution in [-0.2, 0) is 17.8 Å². The normalized spacial score (nSPS) is 11.0. The van der Waals surface area contributed by atoms with Gasteiger partial charge in [-0.3, -0.25) is 4.79 Å². The first kappa shape index (κ1) is 17.5. The molecule has 0 saturated heterocycles. The topological polar surface area (TPSA) is 118 Å². The van der Waals surface area contributed by atoms with Crippen LogP contribution in [0.4, 0.5) is 0 Å². The molecule has 0 aliphatic carbocycles. The fourth-order valence-electron chi connectivity index (χ4n) is 2.85. The second-order valence-corrected chi connectivity index (χ2v) is 6.01. The zero-order chi connectivity index (χ0) is 18.7. The van der Waals surface area contributed by atoms with Gasteiger partial charge in [-0.1, -0.05) is 0 Å². The van der Waals surface area contributed by atoms with Crippen molar-refractivity contribution in [3.05, 3.63) is 52.4 Å². The molecule has 0 radical (unpaired) electrons. The van der Waals surface area contributed by atoms with Gasteiger partial charge in [0.25, 0.3) is 0 Å². The fraction of sp³-hybridized carbons (Fsp3) is 0.278. The Balaban J connectivity index is 1.70. The Labute approximate surface area is 148 Å². The van der Waals surface area contributed by atoms with Crippen molar-refractivity contribution in [2.75, 3.05) is 6.54 Å². The number of carbonyl (C=O) groups excluding carboxylic acids is 1. The summed E-state index contributed by atoms with van der Waals surface area (Å²) in [7, 11) is 0. The van der Waals surface area contributed by atoms with Gasteiger partial charge >= 0.3 is 5.63 Å². The van der Waals surface area contributed by atoms with Gasteiger partial charge in [-0.2, -0.15) is 0 Å². The predicted octanol–water partition coefficient (Wildman–Crippen LogP) is 1.46. The molecule has 1 amide bonds. The molecule has 8 nitrogen and oxygen atoms in total. The van der Waals surface area contributed by atoms with Crippen molar-refractivity contribution in [3.63, 3.8) is 0 Å². The molecule has 0 fully saturated rings. The minimum Gasteiger partial charge on any atom is -0.508 e. The van der Waals surface area contributed by atoms with Crippen molar-refractivity contribution >= 4 is 16.9 Å². The largest absolute Gasteiger partial charge is 0.508 e. The molecule has 3 aromatic rings. The van der Waals surface area contributed by atoms with Crippen LogP contribution in [0.5, 0.6) is 11.5 Å². The van der Waals surface area contributed by atoms with E-state index in [1.54, 1.807) is 19.4 Å². The predicted molar refractivity (Wildman–Crippen MR) is 94.1 cm³/mol. The third-order valence-electron chi connectivity index (χ3n) is 4.15. The Morgan fingerprint density at radius 2 is 2.15 bits per heavy atom. The van der Waals surface area contributed by atoms with Crippen molar-refractivity contribution < 1.29 is 19.4 Å². The molecule has 0 saturated carbocycles. The van der Waals surface area contributed by atoms with Crippen molar-refractivity contribution in [2.45, 2.75) is 26.3 Å². The number of nitrogens with zero attached hydrogens (tertiary/aromatic N) is 2. The molecule has 2 heterocycles. The standard InChI is InChI=1S/C18H19N3O5/c1-11-13(9-16(24)20-3-2-5-21-6-4-19-10-21)18(25)26-15-8-12(22)7-14(23)17(11)15/h4,6-8,10,22-23H,2-3,5,9H2,1H3,(H,20,24). The second kappa shape index (κ2) is 7.30. The molecule has 0 unspecified atom stereocenters. The molecule has 0 aliphatic rings. The van der Waals surface area contributed by atoms with E-state index in [1.807, 2.05) is 10.8 Å². The number of amides is 1. The van der Waals surface area contributed by atoms with Crippen molar-refractivity contribution in [2.24, 2.45) is 0 Å². The van der Waals surface area contributed by atoms with E-state index in [-0.39, 0.29) is 35.0 Å². The van der Waals surface area contributed by atoms with Crippen LogP contribution in [0.1, 0.15) is 17.5 Å². The number of benzene rings is 1. The summed E-state index contributed by atoms with van der Waals surface area (Å²) >= 11 is 0. The summed E-state index contributed by atoms with van der Waals surface area (Å²) < 4.78 is 7.05. The van der Waals surface area contributed by atoms with Crippen LogP contribution in [0.25, 0.3) is 11.0 Å². The minimum absolute atomic E-state index is 0.0782. The Hall–Kier alpha value is -3.29. The summed E-state index contributed by atoms with van der Waals surface area (Å²) in [6.07, 6.45) is 5.82. The maximum absolute atomic E-state index is 12.2. The van der Waals surface area contributed by atoms with Gasteiger partial charge < -0.3 is 24.5 Å². The van der Waals surface area contributed by atoms with E-state index in [2.05, 4.69) is 10.3 Å².